The molecule has 38 heavy (non-hydrogen) atoms. The first-order chi connectivity index (χ1) is 18.5. The average molecular weight is 506 g/mol. The van der Waals surface area contributed by atoms with Crippen LogP contribution in [0.2, 0.25) is 0 Å². The number of piperidine rings is 1. The lowest BCUT2D eigenvalue weighted by Gasteiger charge is -2.32. The number of nitrogens with zero attached hydrogens (tertiary/aromatic N) is 6. The normalized spacial score (nSPS) is 14.1. The topological polar surface area (TPSA) is 97.4 Å². The molecule has 9 nitrogen and oxygen atoms in total. The van der Waals surface area contributed by atoms with E-state index < -0.39 is 0 Å². The number of anilines is 1. The van der Waals surface area contributed by atoms with Gasteiger partial charge >= 0.3 is 0 Å². The lowest BCUT2D eigenvalue weighted by atomic mass is 9.89. The molecule has 0 atom stereocenters. The maximum atomic E-state index is 13.1. The fraction of sp³-hybridized carbons (Fsp3) is 0.207. The van der Waals surface area contributed by atoms with E-state index in [0.717, 1.165) is 35.6 Å². The molecule has 6 rings (SSSR count). The number of aromatic nitrogens is 5. The van der Waals surface area contributed by atoms with Crippen molar-refractivity contribution in [2.75, 3.05) is 18.4 Å². The van der Waals surface area contributed by atoms with Crippen molar-refractivity contribution >= 4 is 23.1 Å². The van der Waals surface area contributed by atoms with E-state index in [9.17, 15) is 9.59 Å². The van der Waals surface area contributed by atoms with Crippen LogP contribution < -0.4 is 5.32 Å². The molecule has 190 valence electrons. The zero-order chi connectivity index (χ0) is 26.1. The number of carbonyl (C=O) groups excluding carboxylic acids is 2. The Balaban J connectivity index is 1.08. The van der Waals surface area contributed by atoms with E-state index in [1.165, 1.54) is 11.9 Å². The lowest BCUT2D eigenvalue weighted by molar-refractivity contribution is 0.0712. The van der Waals surface area contributed by atoms with E-state index in [0.29, 0.717) is 30.3 Å². The quantitative estimate of drug-likeness (QED) is 0.379. The molecule has 2 amide bonds. The van der Waals surface area contributed by atoms with E-state index in [-0.39, 0.29) is 11.8 Å². The number of aryl methyl sites for hydroxylation is 1. The number of hydrogen-bond donors (Lipinski definition) is 1. The van der Waals surface area contributed by atoms with Gasteiger partial charge in [-0.1, -0.05) is 30.3 Å². The van der Waals surface area contributed by atoms with Crippen LogP contribution >= 0.6 is 0 Å². The molecule has 3 aromatic heterocycles. The molecule has 0 saturated carbocycles. The average Bonchev–Trinajstić information content (AvgIpc) is 3.60. The van der Waals surface area contributed by atoms with E-state index >= 15 is 0 Å². The number of pyridine rings is 1. The second-order valence-corrected chi connectivity index (χ2v) is 9.54. The van der Waals surface area contributed by atoms with Crippen molar-refractivity contribution in [3.63, 3.8) is 0 Å². The van der Waals surface area contributed by atoms with Gasteiger partial charge in [-0.3, -0.25) is 9.59 Å². The van der Waals surface area contributed by atoms with Crippen molar-refractivity contribution in [2.24, 2.45) is 0 Å². The number of rotatable bonds is 5. The predicted octanol–water partition coefficient (Wildman–Crippen LogP) is 4.50. The van der Waals surface area contributed by atoms with Crippen LogP contribution in [0.1, 0.15) is 50.9 Å². The second kappa shape index (κ2) is 9.93. The molecule has 1 aliphatic rings. The summed E-state index contributed by atoms with van der Waals surface area (Å²) in [5.74, 6) is 0.172. The smallest absolute Gasteiger partial charge is 0.274 e. The summed E-state index contributed by atoms with van der Waals surface area (Å²) in [6.45, 7) is 3.26. The summed E-state index contributed by atoms with van der Waals surface area (Å²) in [5, 5.41) is 11.6. The molecule has 9 heteroatoms. The monoisotopic (exact) mass is 505 g/mol. The molecule has 1 saturated heterocycles. The molecule has 1 fully saturated rings. The number of benzene rings is 2. The number of nitrogens with one attached hydrogen (secondary N) is 1. The van der Waals surface area contributed by atoms with Gasteiger partial charge in [0, 0.05) is 25.0 Å². The number of para-hydroxylation sites is 1. The summed E-state index contributed by atoms with van der Waals surface area (Å²) in [5.41, 5.74) is 5.38. The first kappa shape index (κ1) is 23.6. The highest BCUT2D eigenvalue weighted by Gasteiger charge is 2.25. The van der Waals surface area contributed by atoms with Gasteiger partial charge in [-0.25, -0.2) is 14.2 Å². The Labute approximate surface area is 219 Å². The minimum Gasteiger partial charge on any atom is -0.339 e. The van der Waals surface area contributed by atoms with Gasteiger partial charge in [0.2, 0.25) is 0 Å². The van der Waals surface area contributed by atoms with Gasteiger partial charge in [-0.05, 0) is 73.7 Å². The van der Waals surface area contributed by atoms with Crippen LogP contribution in [0, 0.1) is 6.92 Å². The summed E-state index contributed by atoms with van der Waals surface area (Å²) in [6, 6.07) is 23.0. The van der Waals surface area contributed by atoms with Gasteiger partial charge in [0.25, 0.3) is 11.8 Å². The number of amides is 2. The van der Waals surface area contributed by atoms with Crippen LogP contribution in [-0.2, 0) is 0 Å². The molecule has 2 aromatic carbocycles. The molecular formula is C29H27N7O2. The van der Waals surface area contributed by atoms with Crippen LogP contribution in [-0.4, -0.2) is 54.2 Å². The zero-order valence-electron chi connectivity index (χ0n) is 21.0. The number of carbonyl (C=O) groups is 2. The number of hydrogen-bond acceptors (Lipinski definition) is 5. The molecule has 5 aromatic rings. The Bertz CT molecular complexity index is 1600. The highest BCUT2D eigenvalue weighted by atomic mass is 16.2. The summed E-state index contributed by atoms with van der Waals surface area (Å²) in [7, 11) is 0. The summed E-state index contributed by atoms with van der Waals surface area (Å²) >= 11 is 0. The summed E-state index contributed by atoms with van der Waals surface area (Å²) < 4.78 is 3.29. The highest BCUT2D eigenvalue weighted by Crippen LogP contribution is 2.29. The zero-order valence-corrected chi connectivity index (χ0v) is 21.0. The third kappa shape index (κ3) is 4.66. The number of fused-ring (bicyclic) bond motifs is 1. The van der Waals surface area contributed by atoms with Crippen LogP contribution in [0.3, 0.4) is 0 Å². The van der Waals surface area contributed by atoms with E-state index in [2.05, 4.69) is 32.6 Å². The molecule has 0 unspecified atom stereocenters. The van der Waals surface area contributed by atoms with Gasteiger partial charge in [-0.2, -0.15) is 10.2 Å². The van der Waals surface area contributed by atoms with Crippen molar-refractivity contribution in [2.45, 2.75) is 25.7 Å². The van der Waals surface area contributed by atoms with Gasteiger partial charge in [0.1, 0.15) is 12.0 Å². The van der Waals surface area contributed by atoms with Gasteiger partial charge < -0.3 is 10.2 Å². The summed E-state index contributed by atoms with van der Waals surface area (Å²) in [4.78, 5) is 32.1. The van der Waals surface area contributed by atoms with Gasteiger partial charge in [0.15, 0.2) is 5.65 Å². The van der Waals surface area contributed by atoms with Crippen LogP contribution in [0.4, 0.5) is 5.69 Å². The SMILES string of the molecule is Cc1cc(C(=O)Nc2ccc(C3CCN(C(=O)c4ccc5ncnn5c4)CC3)cc2)n(-c2ccccc2)n1. The number of likely N-dealkylation sites (tertiary alicyclic amines) is 1. The van der Waals surface area contributed by atoms with Crippen molar-refractivity contribution < 1.29 is 9.59 Å². The Morgan fingerprint density at radius 3 is 2.47 bits per heavy atom. The third-order valence-corrected chi connectivity index (χ3v) is 7.01. The predicted molar refractivity (Wildman–Crippen MR) is 144 cm³/mol. The van der Waals surface area contributed by atoms with Crippen molar-refractivity contribution in [1.29, 1.82) is 0 Å². The van der Waals surface area contributed by atoms with Crippen molar-refractivity contribution in [3.05, 3.63) is 108 Å². The Kier molecular flexibility index (Phi) is 6.17. The Morgan fingerprint density at radius 1 is 0.947 bits per heavy atom. The molecule has 0 radical (unpaired) electrons. The lowest BCUT2D eigenvalue weighted by Crippen LogP contribution is -2.38. The maximum Gasteiger partial charge on any atom is 0.274 e. The first-order valence-electron chi connectivity index (χ1n) is 12.7. The second-order valence-electron chi connectivity index (χ2n) is 9.54. The molecule has 1 N–H and O–H groups in total. The van der Waals surface area contributed by atoms with Crippen LogP contribution in [0.15, 0.2) is 85.3 Å². The van der Waals surface area contributed by atoms with Gasteiger partial charge in [-0.15, -0.1) is 0 Å². The first-order valence-corrected chi connectivity index (χ1v) is 12.7. The molecule has 0 aliphatic carbocycles. The highest BCUT2D eigenvalue weighted by molar-refractivity contribution is 6.03. The molecule has 1 aliphatic heterocycles. The Hall–Kier alpha value is -4.79. The molecule has 0 spiro atoms. The maximum absolute atomic E-state index is 13.1. The van der Waals surface area contributed by atoms with E-state index in [1.807, 2.05) is 60.4 Å². The largest absolute Gasteiger partial charge is 0.339 e. The standard InChI is InChI=1S/C29H27N7O2/c1-20-17-26(36(33-20)25-5-3-2-4-6-25)28(37)32-24-10-7-21(8-11-24)22-13-15-34(16-14-22)29(38)23-9-12-27-30-19-31-35(27)18-23/h2-12,17-19,22H,13-16H2,1H3,(H,32,37). The van der Waals surface area contributed by atoms with E-state index in [1.54, 1.807) is 27.5 Å². The fourth-order valence-corrected chi connectivity index (χ4v) is 5.00. The molecule has 4 heterocycles. The minimum absolute atomic E-state index is 0.0175. The third-order valence-electron chi connectivity index (χ3n) is 7.01. The van der Waals surface area contributed by atoms with Crippen LogP contribution in [0.5, 0.6) is 0 Å². The van der Waals surface area contributed by atoms with Crippen molar-refractivity contribution in [3.8, 4) is 5.69 Å². The van der Waals surface area contributed by atoms with Gasteiger partial charge in [0.05, 0.1) is 16.9 Å². The van der Waals surface area contributed by atoms with Crippen LogP contribution in [0.25, 0.3) is 11.3 Å². The van der Waals surface area contributed by atoms with E-state index in [4.69, 9.17) is 0 Å². The Morgan fingerprint density at radius 2 is 1.71 bits per heavy atom. The molecular weight excluding hydrogens is 478 g/mol. The fourth-order valence-electron chi connectivity index (χ4n) is 5.00. The summed E-state index contributed by atoms with van der Waals surface area (Å²) in [6.07, 6.45) is 4.99. The molecule has 0 bridgehead atoms. The van der Waals surface area contributed by atoms with Crippen molar-refractivity contribution in [1.82, 2.24) is 29.3 Å². The minimum atomic E-state index is -0.210.